The summed E-state index contributed by atoms with van der Waals surface area (Å²) >= 11 is 0. The summed E-state index contributed by atoms with van der Waals surface area (Å²) in [6.45, 7) is 1.37. The fraction of sp³-hybridized carbons (Fsp3) is 0.667. The first kappa shape index (κ1) is 11.8. The van der Waals surface area contributed by atoms with Gasteiger partial charge >= 0.3 is 5.97 Å². The Morgan fingerprint density at radius 3 is 2.08 bits per heavy atom. The molecule has 4 nitrogen and oxygen atoms in total. The van der Waals surface area contributed by atoms with E-state index in [1.54, 1.807) is 0 Å². The third kappa shape index (κ3) is 8.72. The molecule has 0 aliphatic rings. The van der Waals surface area contributed by atoms with Crippen LogP contribution in [0.4, 0.5) is 0 Å². The zero-order valence-corrected chi connectivity index (χ0v) is 7.71. The highest BCUT2D eigenvalue weighted by atomic mass is 16.4. The smallest absolute Gasteiger partial charge is 0.303 e. The van der Waals surface area contributed by atoms with Gasteiger partial charge in [0, 0.05) is 12.8 Å². The Hall–Kier alpha value is -1.19. The van der Waals surface area contributed by atoms with Crippen molar-refractivity contribution in [3.63, 3.8) is 0 Å². The predicted octanol–water partition coefficient (Wildman–Crippen LogP) is 1.18. The van der Waals surface area contributed by atoms with Gasteiger partial charge in [-0.1, -0.05) is 0 Å². The molecule has 0 saturated heterocycles. The Morgan fingerprint density at radius 2 is 1.62 bits per heavy atom. The van der Waals surface area contributed by atoms with Gasteiger partial charge in [0.05, 0.1) is 6.42 Å². The van der Waals surface area contributed by atoms with Gasteiger partial charge in [0.25, 0.3) is 0 Å². The SMILES string of the molecule is CC(=O)CC(=O)CCCCC(=O)O. The molecule has 1 N–H and O–H groups in total. The first-order valence-electron chi connectivity index (χ1n) is 4.25. The number of rotatable bonds is 7. The second kappa shape index (κ2) is 6.34. The molecule has 0 atom stereocenters. The second-order valence-corrected chi connectivity index (χ2v) is 3.02. The minimum absolute atomic E-state index is 0.0208. The minimum atomic E-state index is -0.848. The number of carbonyl (C=O) groups excluding carboxylic acids is 2. The zero-order valence-electron chi connectivity index (χ0n) is 7.71. The molecule has 0 heterocycles. The van der Waals surface area contributed by atoms with Crippen LogP contribution in [0.5, 0.6) is 0 Å². The average molecular weight is 186 g/mol. The van der Waals surface area contributed by atoms with Gasteiger partial charge in [0.15, 0.2) is 0 Å². The lowest BCUT2D eigenvalue weighted by molar-refractivity contribution is -0.137. The fourth-order valence-electron chi connectivity index (χ4n) is 0.964. The third-order valence-electron chi connectivity index (χ3n) is 1.54. The van der Waals surface area contributed by atoms with Crippen LogP contribution in [0.15, 0.2) is 0 Å². The number of unbranched alkanes of at least 4 members (excludes halogenated alkanes) is 1. The molecule has 4 heteroatoms. The highest BCUT2D eigenvalue weighted by Gasteiger charge is 2.05. The monoisotopic (exact) mass is 186 g/mol. The summed E-state index contributed by atoms with van der Waals surface area (Å²) in [5.41, 5.74) is 0. The lowest BCUT2D eigenvalue weighted by atomic mass is 10.1. The molecule has 0 amide bonds. The molecule has 0 aromatic rings. The van der Waals surface area contributed by atoms with E-state index in [0.717, 1.165) is 0 Å². The Balaban J connectivity index is 3.37. The Kier molecular flexibility index (Phi) is 5.76. The molecule has 74 valence electrons. The third-order valence-corrected chi connectivity index (χ3v) is 1.54. The molecule has 0 aromatic heterocycles. The largest absolute Gasteiger partial charge is 0.481 e. The van der Waals surface area contributed by atoms with Gasteiger partial charge in [-0.15, -0.1) is 0 Å². The number of Topliss-reactive ketones (excluding diaryl/α,β-unsaturated/α-hetero) is 2. The molecule has 0 spiro atoms. The summed E-state index contributed by atoms with van der Waals surface area (Å²) in [5, 5.41) is 8.29. The van der Waals surface area contributed by atoms with Crippen LogP contribution in [-0.2, 0) is 14.4 Å². The lowest BCUT2D eigenvalue weighted by Crippen LogP contribution is -2.04. The Morgan fingerprint density at radius 1 is 1.08 bits per heavy atom. The van der Waals surface area contributed by atoms with Crippen molar-refractivity contribution in [3.05, 3.63) is 0 Å². The topological polar surface area (TPSA) is 71.4 Å². The van der Waals surface area contributed by atoms with Crippen LogP contribution in [0.2, 0.25) is 0 Å². The predicted molar refractivity (Wildman–Crippen MR) is 46.4 cm³/mol. The number of carbonyl (C=O) groups is 3. The average Bonchev–Trinajstić information content (AvgIpc) is 1.96. The molecular formula is C9H14O4. The molecule has 0 bridgehead atoms. The highest BCUT2D eigenvalue weighted by Crippen LogP contribution is 2.02. The molecule has 0 unspecified atom stereocenters. The Bertz CT molecular complexity index is 208. The molecule has 0 saturated carbocycles. The molecule has 0 fully saturated rings. The maximum absolute atomic E-state index is 10.9. The van der Waals surface area contributed by atoms with E-state index in [4.69, 9.17) is 5.11 Å². The number of hydrogen-bond acceptors (Lipinski definition) is 3. The maximum Gasteiger partial charge on any atom is 0.303 e. The van der Waals surface area contributed by atoms with Gasteiger partial charge < -0.3 is 5.11 Å². The molecule has 0 aliphatic carbocycles. The van der Waals surface area contributed by atoms with Crippen molar-refractivity contribution in [1.29, 1.82) is 0 Å². The first-order chi connectivity index (χ1) is 6.02. The van der Waals surface area contributed by atoms with Crippen LogP contribution < -0.4 is 0 Å². The molecule has 0 aromatic carbocycles. The molecule has 0 aliphatic heterocycles. The van der Waals surface area contributed by atoms with E-state index in [0.29, 0.717) is 19.3 Å². The number of ketones is 2. The van der Waals surface area contributed by atoms with Crippen LogP contribution in [0.1, 0.15) is 39.0 Å². The van der Waals surface area contributed by atoms with Gasteiger partial charge in [-0.3, -0.25) is 14.4 Å². The summed E-state index contributed by atoms with van der Waals surface area (Å²) < 4.78 is 0. The standard InChI is InChI=1S/C9H14O4/c1-7(10)6-8(11)4-2-3-5-9(12)13/h2-6H2,1H3,(H,12,13). The highest BCUT2D eigenvalue weighted by molar-refractivity contribution is 5.97. The second-order valence-electron chi connectivity index (χ2n) is 3.02. The molecular weight excluding hydrogens is 172 g/mol. The van der Waals surface area contributed by atoms with Crippen molar-refractivity contribution < 1.29 is 19.5 Å². The zero-order chi connectivity index (χ0) is 10.3. The molecule has 0 radical (unpaired) electrons. The van der Waals surface area contributed by atoms with E-state index in [1.165, 1.54) is 6.92 Å². The summed E-state index contributed by atoms with van der Waals surface area (Å²) in [7, 11) is 0. The molecule has 0 rings (SSSR count). The van der Waals surface area contributed by atoms with E-state index >= 15 is 0 Å². The van der Waals surface area contributed by atoms with E-state index < -0.39 is 5.97 Å². The van der Waals surface area contributed by atoms with Crippen molar-refractivity contribution in [2.45, 2.75) is 39.0 Å². The normalized spacial score (nSPS) is 9.62. The Labute approximate surface area is 76.9 Å². The number of carboxylic acids is 1. The van der Waals surface area contributed by atoms with Crippen molar-refractivity contribution in [1.82, 2.24) is 0 Å². The maximum atomic E-state index is 10.9. The number of hydrogen-bond donors (Lipinski definition) is 1. The van der Waals surface area contributed by atoms with E-state index in [-0.39, 0.29) is 24.4 Å². The lowest BCUT2D eigenvalue weighted by Gasteiger charge is -1.96. The van der Waals surface area contributed by atoms with Gasteiger partial charge in [0.1, 0.15) is 11.6 Å². The quantitative estimate of drug-likeness (QED) is 0.478. The molecule has 13 heavy (non-hydrogen) atoms. The summed E-state index contributed by atoms with van der Waals surface area (Å²) in [6, 6.07) is 0. The summed E-state index contributed by atoms with van der Waals surface area (Å²) in [4.78, 5) is 31.5. The fourth-order valence-corrected chi connectivity index (χ4v) is 0.964. The van der Waals surface area contributed by atoms with Gasteiger partial charge in [-0.2, -0.15) is 0 Å². The van der Waals surface area contributed by atoms with Crippen LogP contribution in [0, 0.1) is 0 Å². The van der Waals surface area contributed by atoms with Crippen molar-refractivity contribution in [3.8, 4) is 0 Å². The van der Waals surface area contributed by atoms with Gasteiger partial charge in [-0.25, -0.2) is 0 Å². The van der Waals surface area contributed by atoms with E-state index in [9.17, 15) is 14.4 Å². The number of aliphatic carboxylic acids is 1. The minimum Gasteiger partial charge on any atom is -0.481 e. The van der Waals surface area contributed by atoms with Crippen LogP contribution >= 0.6 is 0 Å². The van der Waals surface area contributed by atoms with Crippen molar-refractivity contribution >= 4 is 17.5 Å². The summed E-state index contributed by atoms with van der Waals surface area (Å²) in [6.07, 6.45) is 1.44. The van der Waals surface area contributed by atoms with E-state index in [1.807, 2.05) is 0 Å². The summed E-state index contributed by atoms with van der Waals surface area (Å²) in [5.74, 6) is -1.08. The van der Waals surface area contributed by atoms with Gasteiger partial charge in [-0.05, 0) is 19.8 Å². The van der Waals surface area contributed by atoms with Crippen molar-refractivity contribution in [2.75, 3.05) is 0 Å². The van der Waals surface area contributed by atoms with Crippen LogP contribution in [-0.4, -0.2) is 22.6 Å². The van der Waals surface area contributed by atoms with Crippen molar-refractivity contribution in [2.24, 2.45) is 0 Å². The van der Waals surface area contributed by atoms with Crippen LogP contribution in [0.3, 0.4) is 0 Å². The van der Waals surface area contributed by atoms with E-state index in [2.05, 4.69) is 0 Å². The van der Waals surface area contributed by atoms with Crippen LogP contribution in [0.25, 0.3) is 0 Å². The number of carboxylic acid groups (broad SMARTS) is 1. The first-order valence-corrected chi connectivity index (χ1v) is 4.25. The van der Waals surface area contributed by atoms with Gasteiger partial charge in [0.2, 0.25) is 0 Å².